The van der Waals surface area contributed by atoms with E-state index in [9.17, 15) is 4.79 Å². The number of carbonyl (C=O) groups excluding carboxylic acids is 1. The van der Waals surface area contributed by atoms with Crippen LogP contribution in [0.3, 0.4) is 0 Å². The number of aldehydes is 1. The molecule has 16 heavy (non-hydrogen) atoms. The monoisotopic (exact) mass is 214 g/mol. The van der Waals surface area contributed by atoms with Crippen LogP contribution in [0.5, 0.6) is 5.75 Å². The van der Waals surface area contributed by atoms with E-state index in [0.29, 0.717) is 17.9 Å². The molecule has 0 aliphatic rings. The van der Waals surface area contributed by atoms with E-state index in [1.807, 2.05) is 12.1 Å². The number of aromatic nitrogens is 2. The van der Waals surface area contributed by atoms with Crippen molar-refractivity contribution in [1.82, 2.24) is 9.97 Å². The molecule has 4 nitrogen and oxygen atoms in total. The van der Waals surface area contributed by atoms with Crippen molar-refractivity contribution in [1.29, 1.82) is 0 Å². The zero-order valence-electron chi connectivity index (χ0n) is 8.54. The molecule has 2 heterocycles. The van der Waals surface area contributed by atoms with E-state index in [2.05, 4.69) is 9.97 Å². The quantitative estimate of drug-likeness (QED) is 0.729. The van der Waals surface area contributed by atoms with E-state index in [4.69, 9.17) is 4.74 Å². The summed E-state index contributed by atoms with van der Waals surface area (Å²) < 4.78 is 5.52. The number of pyridine rings is 2. The molecule has 80 valence electrons. The lowest BCUT2D eigenvalue weighted by Crippen LogP contribution is -1.98. The van der Waals surface area contributed by atoms with Crippen molar-refractivity contribution in [3.8, 4) is 5.75 Å². The first-order chi connectivity index (χ1) is 7.90. The topological polar surface area (TPSA) is 52.1 Å². The van der Waals surface area contributed by atoms with Gasteiger partial charge in [-0.25, -0.2) is 0 Å². The highest BCUT2D eigenvalue weighted by Crippen LogP contribution is 2.15. The summed E-state index contributed by atoms with van der Waals surface area (Å²) in [4.78, 5) is 18.5. The number of carbonyl (C=O) groups is 1. The van der Waals surface area contributed by atoms with Gasteiger partial charge in [-0.15, -0.1) is 0 Å². The second-order valence-corrected chi connectivity index (χ2v) is 3.18. The van der Waals surface area contributed by atoms with Gasteiger partial charge < -0.3 is 4.74 Å². The Morgan fingerprint density at radius 2 is 1.88 bits per heavy atom. The molecule has 0 N–H and O–H groups in total. The molecule has 4 heteroatoms. The van der Waals surface area contributed by atoms with E-state index in [-0.39, 0.29) is 0 Å². The van der Waals surface area contributed by atoms with Crippen LogP contribution in [0.2, 0.25) is 0 Å². The van der Waals surface area contributed by atoms with Crippen LogP contribution in [-0.2, 0) is 6.61 Å². The molecule has 0 aliphatic carbocycles. The summed E-state index contributed by atoms with van der Waals surface area (Å²) in [6, 6.07) is 5.40. The van der Waals surface area contributed by atoms with Crippen LogP contribution in [0.1, 0.15) is 15.9 Å². The number of hydrogen-bond donors (Lipinski definition) is 0. The van der Waals surface area contributed by atoms with Gasteiger partial charge in [0.15, 0.2) is 6.29 Å². The molecule has 0 bridgehead atoms. The van der Waals surface area contributed by atoms with Crippen LogP contribution in [0.25, 0.3) is 0 Å². The van der Waals surface area contributed by atoms with Crippen molar-refractivity contribution < 1.29 is 9.53 Å². The van der Waals surface area contributed by atoms with E-state index >= 15 is 0 Å². The maximum absolute atomic E-state index is 10.7. The number of nitrogens with zero attached hydrogens (tertiary/aromatic N) is 2. The third-order valence-electron chi connectivity index (χ3n) is 2.08. The minimum atomic E-state index is 0.410. The molecule has 0 saturated carbocycles. The minimum Gasteiger partial charge on any atom is -0.488 e. The van der Waals surface area contributed by atoms with Gasteiger partial charge in [-0.3, -0.25) is 14.8 Å². The number of hydrogen-bond acceptors (Lipinski definition) is 4. The van der Waals surface area contributed by atoms with Gasteiger partial charge in [-0.1, -0.05) is 0 Å². The fraction of sp³-hybridized carbons (Fsp3) is 0.0833. The molecular weight excluding hydrogens is 204 g/mol. The summed E-state index contributed by atoms with van der Waals surface area (Å²) in [6.07, 6.45) is 7.20. The Hall–Kier alpha value is -2.23. The van der Waals surface area contributed by atoms with Gasteiger partial charge in [0, 0.05) is 24.8 Å². The molecule has 0 atom stereocenters. The standard InChI is InChI=1S/C12H10N2O2/c15-8-11-7-14-6-3-12(11)16-9-10-1-4-13-5-2-10/h1-8H,9H2. The average Bonchev–Trinajstić information content (AvgIpc) is 2.38. The predicted octanol–water partition coefficient (Wildman–Crippen LogP) is 1.87. The molecule has 0 unspecified atom stereocenters. The minimum absolute atomic E-state index is 0.410. The lowest BCUT2D eigenvalue weighted by atomic mass is 10.2. The van der Waals surface area contributed by atoms with Crippen LogP contribution in [0.4, 0.5) is 0 Å². The lowest BCUT2D eigenvalue weighted by Gasteiger charge is -2.07. The van der Waals surface area contributed by atoms with Crippen LogP contribution < -0.4 is 4.74 Å². The predicted molar refractivity (Wildman–Crippen MR) is 58.2 cm³/mol. The largest absolute Gasteiger partial charge is 0.488 e. The molecule has 2 aromatic heterocycles. The molecule has 0 amide bonds. The summed E-state index contributed by atoms with van der Waals surface area (Å²) in [5.41, 5.74) is 1.46. The van der Waals surface area contributed by atoms with Gasteiger partial charge in [-0.05, 0) is 23.8 Å². The SMILES string of the molecule is O=Cc1cnccc1OCc1ccncc1. The Morgan fingerprint density at radius 1 is 1.12 bits per heavy atom. The van der Waals surface area contributed by atoms with E-state index in [0.717, 1.165) is 11.8 Å². The van der Waals surface area contributed by atoms with Crippen molar-refractivity contribution in [3.05, 3.63) is 54.1 Å². The van der Waals surface area contributed by atoms with Crippen LogP contribution in [0, 0.1) is 0 Å². The van der Waals surface area contributed by atoms with Crippen molar-refractivity contribution in [2.24, 2.45) is 0 Å². The second kappa shape index (κ2) is 5.02. The fourth-order valence-electron chi connectivity index (χ4n) is 1.25. The molecule has 0 aromatic carbocycles. The van der Waals surface area contributed by atoms with Gasteiger partial charge in [0.05, 0.1) is 5.56 Å². The summed E-state index contributed by atoms with van der Waals surface area (Å²) in [5.74, 6) is 0.543. The van der Waals surface area contributed by atoms with E-state index < -0.39 is 0 Å². The molecule has 0 fully saturated rings. The number of rotatable bonds is 4. The second-order valence-electron chi connectivity index (χ2n) is 3.18. The average molecular weight is 214 g/mol. The van der Waals surface area contributed by atoms with Crippen molar-refractivity contribution in [2.75, 3.05) is 0 Å². The third kappa shape index (κ3) is 2.42. The Balaban J connectivity index is 2.08. The highest BCUT2D eigenvalue weighted by molar-refractivity contribution is 5.78. The Bertz CT molecular complexity index is 471. The lowest BCUT2D eigenvalue weighted by molar-refractivity contribution is 0.111. The summed E-state index contributed by atoms with van der Waals surface area (Å²) in [7, 11) is 0. The molecule has 0 spiro atoms. The van der Waals surface area contributed by atoms with Crippen molar-refractivity contribution >= 4 is 6.29 Å². The van der Waals surface area contributed by atoms with Crippen LogP contribution in [0.15, 0.2) is 43.0 Å². The molecule has 2 rings (SSSR count). The van der Waals surface area contributed by atoms with Gasteiger partial charge >= 0.3 is 0 Å². The van der Waals surface area contributed by atoms with Gasteiger partial charge in [0.25, 0.3) is 0 Å². The number of ether oxygens (including phenoxy) is 1. The summed E-state index contributed by atoms with van der Waals surface area (Å²) in [6.45, 7) is 0.410. The Labute approximate surface area is 92.9 Å². The Kier molecular flexibility index (Phi) is 3.23. The van der Waals surface area contributed by atoms with E-state index in [1.54, 1.807) is 24.7 Å². The Morgan fingerprint density at radius 3 is 2.62 bits per heavy atom. The highest BCUT2D eigenvalue weighted by atomic mass is 16.5. The molecule has 2 aromatic rings. The third-order valence-corrected chi connectivity index (χ3v) is 2.08. The first-order valence-electron chi connectivity index (χ1n) is 4.81. The zero-order valence-corrected chi connectivity index (χ0v) is 8.54. The van der Waals surface area contributed by atoms with Crippen LogP contribution >= 0.6 is 0 Å². The first-order valence-corrected chi connectivity index (χ1v) is 4.81. The fourth-order valence-corrected chi connectivity index (χ4v) is 1.25. The highest BCUT2D eigenvalue weighted by Gasteiger charge is 2.02. The normalized spacial score (nSPS) is 9.75. The smallest absolute Gasteiger partial charge is 0.155 e. The van der Waals surface area contributed by atoms with Crippen molar-refractivity contribution in [3.63, 3.8) is 0 Å². The molecule has 0 saturated heterocycles. The zero-order chi connectivity index (χ0) is 11.2. The van der Waals surface area contributed by atoms with Crippen LogP contribution in [-0.4, -0.2) is 16.3 Å². The van der Waals surface area contributed by atoms with Gasteiger partial charge in [0.2, 0.25) is 0 Å². The van der Waals surface area contributed by atoms with E-state index in [1.165, 1.54) is 6.20 Å². The molecular formula is C12H10N2O2. The maximum Gasteiger partial charge on any atom is 0.155 e. The maximum atomic E-state index is 10.7. The molecule has 0 aliphatic heterocycles. The first kappa shape index (κ1) is 10.3. The van der Waals surface area contributed by atoms with Gasteiger partial charge in [-0.2, -0.15) is 0 Å². The van der Waals surface area contributed by atoms with Gasteiger partial charge in [0.1, 0.15) is 12.4 Å². The summed E-state index contributed by atoms with van der Waals surface area (Å²) >= 11 is 0. The molecule has 0 radical (unpaired) electrons. The summed E-state index contributed by atoms with van der Waals surface area (Å²) in [5, 5.41) is 0. The van der Waals surface area contributed by atoms with Crippen molar-refractivity contribution in [2.45, 2.75) is 6.61 Å².